The fourth-order valence-electron chi connectivity index (χ4n) is 2.17. The van der Waals surface area contributed by atoms with Gasteiger partial charge in [0.1, 0.15) is 5.03 Å². The third-order valence-electron chi connectivity index (χ3n) is 3.29. The molecule has 0 aliphatic heterocycles. The molecule has 2 heterocycles. The minimum absolute atomic E-state index is 0.179. The zero-order chi connectivity index (χ0) is 17.2. The van der Waals surface area contributed by atoms with Crippen LogP contribution in [0.1, 0.15) is 5.69 Å². The highest BCUT2D eigenvalue weighted by molar-refractivity contribution is 7.98. The van der Waals surface area contributed by atoms with E-state index in [4.69, 9.17) is 4.74 Å². The first kappa shape index (κ1) is 16.7. The van der Waals surface area contributed by atoms with Crippen molar-refractivity contribution in [1.29, 1.82) is 0 Å². The predicted molar refractivity (Wildman–Crippen MR) is 92.7 cm³/mol. The van der Waals surface area contributed by atoms with E-state index in [2.05, 4.69) is 14.8 Å². The van der Waals surface area contributed by atoms with Gasteiger partial charge in [0.15, 0.2) is 5.65 Å². The quantitative estimate of drug-likeness (QED) is 0.676. The Morgan fingerprint density at radius 2 is 2.04 bits per heavy atom. The summed E-state index contributed by atoms with van der Waals surface area (Å²) in [6.07, 6.45) is 3.52. The van der Waals surface area contributed by atoms with Crippen LogP contribution in [0.4, 0.5) is 5.69 Å². The maximum atomic E-state index is 12.5. The van der Waals surface area contributed by atoms with Crippen molar-refractivity contribution in [3.63, 3.8) is 0 Å². The van der Waals surface area contributed by atoms with Crippen molar-refractivity contribution in [2.24, 2.45) is 0 Å². The van der Waals surface area contributed by atoms with Gasteiger partial charge < -0.3 is 4.74 Å². The van der Waals surface area contributed by atoms with E-state index >= 15 is 0 Å². The number of thioether (sulfide) groups is 1. The molecule has 0 saturated carbocycles. The van der Waals surface area contributed by atoms with Crippen molar-refractivity contribution < 1.29 is 13.2 Å². The van der Waals surface area contributed by atoms with Gasteiger partial charge in [0.2, 0.25) is 0 Å². The third-order valence-corrected chi connectivity index (χ3v) is 5.29. The minimum atomic E-state index is -3.71. The molecule has 0 saturated heterocycles. The second kappa shape index (κ2) is 6.80. The molecule has 0 spiro atoms. The number of aromatic nitrogens is 3. The normalized spacial score (nSPS) is 11.8. The Morgan fingerprint density at radius 3 is 2.71 bits per heavy atom. The zero-order valence-corrected chi connectivity index (χ0v) is 14.8. The lowest BCUT2D eigenvalue weighted by molar-refractivity contribution is 0.182. The summed E-state index contributed by atoms with van der Waals surface area (Å²) >= 11 is 1.49. The molecule has 0 aliphatic carbocycles. The van der Waals surface area contributed by atoms with Crippen molar-refractivity contribution in [2.75, 3.05) is 18.1 Å². The van der Waals surface area contributed by atoms with E-state index in [0.29, 0.717) is 17.0 Å². The number of hydrogen-bond donors (Lipinski definition) is 1. The highest BCUT2D eigenvalue weighted by Crippen LogP contribution is 2.22. The molecular weight excluding hydrogens is 348 g/mol. The third kappa shape index (κ3) is 3.37. The van der Waals surface area contributed by atoms with E-state index in [0.717, 1.165) is 5.03 Å². The van der Waals surface area contributed by atoms with Gasteiger partial charge in [-0.05, 0) is 18.4 Å². The van der Waals surface area contributed by atoms with Crippen LogP contribution >= 0.6 is 11.8 Å². The van der Waals surface area contributed by atoms with E-state index in [-0.39, 0.29) is 11.5 Å². The highest BCUT2D eigenvalue weighted by Gasteiger charge is 2.18. The van der Waals surface area contributed by atoms with E-state index in [1.165, 1.54) is 31.0 Å². The standard InChI is InChI=1S/C15H16N4O3S2/c1-22-10-13-12(9-19-14(16-13)8-15(17-19)23-2)18-24(20,21)11-6-4-3-5-7-11/h3-9,18H,10H2,1-2H3. The number of nitrogens with one attached hydrogen (secondary N) is 1. The highest BCUT2D eigenvalue weighted by atomic mass is 32.2. The molecule has 1 N–H and O–H groups in total. The summed E-state index contributed by atoms with van der Waals surface area (Å²) < 4.78 is 34.3. The summed E-state index contributed by atoms with van der Waals surface area (Å²) in [6, 6.07) is 10.00. The Balaban J connectivity index is 2.05. The van der Waals surface area contributed by atoms with E-state index in [1.54, 1.807) is 28.9 Å². The molecule has 0 aliphatic rings. The summed E-state index contributed by atoms with van der Waals surface area (Å²) in [5.74, 6) is 0. The number of rotatable bonds is 6. The molecule has 0 radical (unpaired) electrons. The zero-order valence-electron chi connectivity index (χ0n) is 13.1. The smallest absolute Gasteiger partial charge is 0.262 e. The molecule has 2 aromatic heterocycles. The van der Waals surface area contributed by atoms with Gasteiger partial charge >= 0.3 is 0 Å². The summed E-state index contributed by atoms with van der Waals surface area (Å²) in [5.41, 5.74) is 1.47. The van der Waals surface area contributed by atoms with Gasteiger partial charge in [0.25, 0.3) is 10.0 Å². The van der Waals surface area contributed by atoms with Crippen molar-refractivity contribution in [3.05, 3.63) is 48.3 Å². The first-order valence-corrected chi connectivity index (χ1v) is 9.74. The summed E-state index contributed by atoms with van der Waals surface area (Å²) in [7, 11) is -2.18. The Morgan fingerprint density at radius 1 is 1.29 bits per heavy atom. The maximum absolute atomic E-state index is 12.5. The van der Waals surface area contributed by atoms with Gasteiger partial charge in [-0.1, -0.05) is 18.2 Å². The Kier molecular flexibility index (Phi) is 4.74. The second-order valence-corrected chi connectivity index (χ2v) is 7.45. The maximum Gasteiger partial charge on any atom is 0.262 e. The topological polar surface area (TPSA) is 85.6 Å². The van der Waals surface area contributed by atoms with Crippen LogP contribution in [0, 0.1) is 0 Å². The molecule has 0 fully saturated rings. The lowest BCUT2D eigenvalue weighted by Crippen LogP contribution is -2.16. The molecule has 0 unspecified atom stereocenters. The van der Waals surface area contributed by atoms with Gasteiger partial charge in [0.05, 0.1) is 29.1 Å². The van der Waals surface area contributed by atoms with Crippen molar-refractivity contribution in [2.45, 2.75) is 16.5 Å². The van der Waals surface area contributed by atoms with Crippen LogP contribution in [0.15, 0.2) is 52.5 Å². The summed E-state index contributed by atoms with van der Waals surface area (Å²) in [5, 5.41) is 5.14. The Labute approximate surface area is 144 Å². The van der Waals surface area contributed by atoms with E-state index < -0.39 is 10.0 Å². The predicted octanol–water partition coefficient (Wildman–Crippen LogP) is 2.40. The fourth-order valence-corrected chi connectivity index (χ4v) is 3.66. The monoisotopic (exact) mass is 364 g/mol. The van der Waals surface area contributed by atoms with Crippen molar-refractivity contribution in [3.8, 4) is 0 Å². The largest absolute Gasteiger partial charge is 0.378 e. The van der Waals surface area contributed by atoms with Crippen LogP contribution in [-0.4, -0.2) is 36.4 Å². The Bertz CT molecular complexity index is 956. The average Bonchev–Trinajstić information content (AvgIpc) is 2.98. The number of benzene rings is 1. The fraction of sp³-hybridized carbons (Fsp3) is 0.200. The number of sulfonamides is 1. The molecule has 7 nitrogen and oxygen atoms in total. The summed E-state index contributed by atoms with van der Waals surface area (Å²) in [6.45, 7) is 0.183. The Hall–Kier alpha value is -2.10. The molecule has 0 bridgehead atoms. The van der Waals surface area contributed by atoms with Gasteiger partial charge in [-0.25, -0.2) is 17.9 Å². The van der Waals surface area contributed by atoms with Gasteiger partial charge in [-0.15, -0.1) is 11.8 Å². The number of methoxy groups -OCH3 is 1. The first-order valence-electron chi connectivity index (χ1n) is 7.03. The van der Waals surface area contributed by atoms with Gasteiger partial charge in [-0.3, -0.25) is 4.72 Å². The van der Waals surface area contributed by atoms with Crippen LogP contribution in [-0.2, 0) is 21.4 Å². The van der Waals surface area contributed by atoms with E-state index in [9.17, 15) is 8.42 Å². The molecule has 9 heteroatoms. The molecule has 24 heavy (non-hydrogen) atoms. The van der Waals surface area contributed by atoms with Crippen molar-refractivity contribution in [1.82, 2.24) is 14.6 Å². The van der Waals surface area contributed by atoms with Crippen LogP contribution < -0.4 is 4.72 Å². The molecule has 3 aromatic rings. The van der Waals surface area contributed by atoms with Crippen LogP contribution in [0.5, 0.6) is 0 Å². The molecule has 3 rings (SSSR count). The number of anilines is 1. The van der Waals surface area contributed by atoms with Gasteiger partial charge in [-0.2, -0.15) is 5.10 Å². The second-order valence-electron chi connectivity index (χ2n) is 4.94. The van der Waals surface area contributed by atoms with Crippen LogP contribution in [0.3, 0.4) is 0 Å². The first-order chi connectivity index (χ1) is 11.5. The lowest BCUT2D eigenvalue weighted by atomic mass is 10.3. The number of fused-ring (bicyclic) bond motifs is 1. The SMILES string of the molecule is COCc1nc2cc(SC)nn2cc1NS(=O)(=O)c1ccccc1. The molecular formula is C15H16N4O3S2. The number of hydrogen-bond acceptors (Lipinski definition) is 6. The molecule has 1 aromatic carbocycles. The van der Waals surface area contributed by atoms with Crippen molar-refractivity contribution >= 4 is 33.1 Å². The molecule has 0 atom stereocenters. The average molecular weight is 364 g/mol. The van der Waals surface area contributed by atoms with Crippen LogP contribution in [0.2, 0.25) is 0 Å². The summed E-state index contributed by atoms with van der Waals surface area (Å²) in [4.78, 5) is 4.63. The molecule has 0 amide bonds. The molecule has 126 valence electrons. The number of nitrogens with zero attached hydrogens (tertiary/aromatic N) is 3. The number of ether oxygens (including phenoxy) is 1. The lowest BCUT2D eigenvalue weighted by Gasteiger charge is -2.12. The van der Waals surface area contributed by atoms with E-state index in [1.807, 2.05) is 12.3 Å². The van der Waals surface area contributed by atoms with Gasteiger partial charge in [0, 0.05) is 13.2 Å². The minimum Gasteiger partial charge on any atom is -0.378 e. The van der Waals surface area contributed by atoms with Crippen LogP contribution in [0.25, 0.3) is 5.65 Å².